The Kier molecular flexibility index (Phi) is 5.01. The van der Waals surface area contributed by atoms with Crippen molar-refractivity contribution in [2.45, 2.75) is 26.1 Å². The maximum absolute atomic E-state index is 6.04. The van der Waals surface area contributed by atoms with Crippen LogP contribution in [0.15, 0.2) is 42.5 Å². The fourth-order valence-electron chi connectivity index (χ4n) is 3.26. The Bertz CT molecular complexity index is 706. The van der Waals surface area contributed by atoms with Crippen LogP contribution in [-0.2, 0) is 4.74 Å². The number of hydrogen-bond donors (Lipinski definition) is 3. The van der Waals surface area contributed by atoms with Crippen molar-refractivity contribution in [1.29, 1.82) is 0 Å². The van der Waals surface area contributed by atoms with Crippen molar-refractivity contribution in [3.05, 3.63) is 42.5 Å². The normalized spacial score (nSPS) is 20.4. The zero-order valence-electron chi connectivity index (χ0n) is 15.1. The van der Waals surface area contributed by atoms with E-state index in [2.05, 4.69) is 48.3 Å². The molecule has 6 heteroatoms. The van der Waals surface area contributed by atoms with Gasteiger partial charge in [-0.1, -0.05) is 0 Å². The molecule has 3 rings (SSSR count). The van der Waals surface area contributed by atoms with Gasteiger partial charge in [-0.2, -0.15) is 0 Å². The van der Waals surface area contributed by atoms with Gasteiger partial charge in [0.05, 0.1) is 23.6 Å². The van der Waals surface area contributed by atoms with E-state index in [9.17, 15) is 0 Å². The zero-order valence-corrected chi connectivity index (χ0v) is 15.1. The summed E-state index contributed by atoms with van der Waals surface area (Å²) in [4.78, 5) is 2.37. The van der Waals surface area contributed by atoms with Crippen LogP contribution in [0.1, 0.15) is 13.8 Å². The molecule has 1 saturated heterocycles. The molecule has 2 aromatic carbocycles. The number of hydrogen-bond acceptors (Lipinski definition) is 6. The maximum Gasteiger partial charge on any atom is 0.0744 e. The Labute approximate surface area is 149 Å². The number of anilines is 5. The molecule has 1 aliphatic heterocycles. The van der Waals surface area contributed by atoms with Crippen LogP contribution in [0.5, 0.6) is 0 Å². The SMILES string of the molecule is CC1CN(c2ccc(Nc3ccc(N(C)N)c(N)c3)cc2)CC(C)O1. The summed E-state index contributed by atoms with van der Waals surface area (Å²) in [6.07, 6.45) is 0.507. The second-order valence-electron chi connectivity index (χ2n) is 6.72. The van der Waals surface area contributed by atoms with Gasteiger partial charge in [0, 0.05) is 37.2 Å². The molecular weight excluding hydrogens is 314 g/mol. The molecule has 6 nitrogen and oxygen atoms in total. The van der Waals surface area contributed by atoms with Crippen LogP contribution in [0.4, 0.5) is 28.4 Å². The van der Waals surface area contributed by atoms with Crippen molar-refractivity contribution >= 4 is 28.4 Å². The average Bonchev–Trinajstić information content (AvgIpc) is 2.54. The van der Waals surface area contributed by atoms with Crippen LogP contribution < -0.4 is 26.8 Å². The van der Waals surface area contributed by atoms with Crippen molar-refractivity contribution in [3.63, 3.8) is 0 Å². The Morgan fingerprint density at radius 2 is 1.64 bits per heavy atom. The smallest absolute Gasteiger partial charge is 0.0744 e. The molecule has 2 atom stereocenters. The summed E-state index contributed by atoms with van der Waals surface area (Å²) in [6, 6.07) is 14.2. The lowest BCUT2D eigenvalue weighted by Crippen LogP contribution is -2.45. The molecule has 0 spiro atoms. The fourth-order valence-corrected chi connectivity index (χ4v) is 3.26. The molecule has 0 aliphatic carbocycles. The van der Waals surface area contributed by atoms with E-state index < -0.39 is 0 Å². The molecule has 1 fully saturated rings. The van der Waals surface area contributed by atoms with E-state index in [1.54, 1.807) is 7.05 Å². The summed E-state index contributed by atoms with van der Waals surface area (Å²) < 4.78 is 5.80. The molecule has 0 aromatic heterocycles. The number of ether oxygens (including phenoxy) is 1. The van der Waals surface area contributed by atoms with E-state index in [1.807, 2.05) is 18.2 Å². The van der Waals surface area contributed by atoms with Gasteiger partial charge in [0.1, 0.15) is 0 Å². The summed E-state index contributed by atoms with van der Waals surface area (Å²) in [7, 11) is 1.77. The van der Waals surface area contributed by atoms with Crippen LogP contribution in [0.3, 0.4) is 0 Å². The first-order valence-corrected chi connectivity index (χ1v) is 8.58. The van der Waals surface area contributed by atoms with E-state index in [1.165, 1.54) is 10.7 Å². The van der Waals surface area contributed by atoms with Crippen LogP contribution in [0, 0.1) is 0 Å². The minimum atomic E-state index is 0.253. The molecular formula is C19H27N5O. The monoisotopic (exact) mass is 341 g/mol. The van der Waals surface area contributed by atoms with Gasteiger partial charge in [-0.3, -0.25) is 0 Å². The van der Waals surface area contributed by atoms with E-state index >= 15 is 0 Å². The third-order valence-electron chi connectivity index (χ3n) is 4.35. The molecule has 1 heterocycles. The Hall–Kier alpha value is -2.44. The van der Waals surface area contributed by atoms with Crippen LogP contribution in [0.2, 0.25) is 0 Å². The van der Waals surface area contributed by atoms with Gasteiger partial charge in [0.15, 0.2) is 0 Å². The van der Waals surface area contributed by atoms with Crippen molar-refractivity contribution in [3.8, 4) is 0 Å². The first kappa shape index (κ1) is 17.4. The molecule has 0 saturated carbocycles. The Balaban J connectivity index is 1.69. The number of hydrazine groups is 1. The van der Waals surface area contributed by atoms with Gasteiger partial charge >= 0.3 is 0 Å². The fraction of sp³-hybridized carbons (Fsp3) is 0.368. The van der Waals surface area contributed by atoms with Crippen LogP contribution in [-0.4, -0.2) is 32.3 Å². The van der Waals surface area contributed by atoms with Crippen molar-refractivity contribution in [1.82, 2.24) is 0 Å². The van der Waals surface area contributed by atoms with E-state index in [-0.39, 0.29) is 12.2 Å². The van der Waals surface area contributed by atoms with Crippen molar-refractivity contribution in [2.75, 3.05) is 41.1 Å². The third-order valence-corrected chi connectivity index (χ3v) is 4.35. The van der Waals surface area contributed by atoms with Gasteiger partial charge in [0.2, 0.25) is 0 Å². The maximum atomic E-state index is 6.04. The second-order valence-corrected chi connectivity index (χ2v) is 6.72. The van der Waals surface area contributed by atoms with Gasteiger partial charge in [-0.05, 0) is 56.3 Å². The van der Waals surface area contributed by atoms with E-state index in [4.69, 9.17) is 16.3 Å². The number of nitrogens with two attached hydrogens (primary N) is 2. The van der Waals surface area contributed by atoms with E-state index in [0.717, 1.165) is 30.2 Å². The molecule has 2 unspecified atom stereocenters. The predicted octanol–water partition coefficient (Wildman–Crippen LogP) is 2.94. The first-order valence-electron chi connectivity index (χ1n) is 8.58. The highest BCUT2D eigenvalue weighted by Gasteiger charge is 2.22. The Morgan fingerprint density at radius 3 is 2.20 bits per heavy atom. The summed E-state index contributed by atoms with van der Waals surface area (Å²) in [6.45, 7) is 6.07. The van der Waals surface area contributed by atoms with Crippen LogP contribution in [0.25, 0.3) is 0 Å². The average molecular weight is 341 g/mol. The lowest BCUT2D eigenvalue weighted by Gasteiger charge is -2.36. The van der Waals surface area contributed by atoms with Gasteiger partial charge < -0.3 is 25.7 Å². The number of nitrogens with one attached hydrogen (secondary N) is 1. The first-order chi connectivity index (χ1) is 11.9. The standard InChI is InChI=1S/C19H27N5O/c1-13-11-24(12-14(2)25-13)17-7-4-15(5-8-17)22-16-6-9-19(23(3)21)18(20)10-16/h4-10,13-14,22H,11-12,20-21H2,1-3H3. The molecule has 2 aromatic rings. The zero-order chi connectivity index (χ0) is 18.0. The van der Waals surface area contributed by atoms with Gasteiger partial charge in [-0.25, -0.2) is 5.84 Å². The number of nitrogen functional groups attached to an aromatic ring is 1. The molecule has 0 amide bonds. The van der Waals surface area contributed by atoms with Crippen molar-refractivity contribution < 1.29 is 4.74 Å². The van der Waals surface area contributed by atoms with Crippen LogP contribution >= 0.6 is 0 Å². The van der Waals surface area contributed by atoms with Gasteiger partial charge in [-0.15, -0.1) is 0 Å². The summed E-state index contributed by atoms with van der Waals surface area (Å²) in [5.74, 6) is 5.74. The molecule has 134 valence electrons. The highest BCUT2D eigenvalue weighted by molar-refractivity contribution is 5.74. The summed E-state index contributed by atoms with van der Waals surface area (Å²) in [5, 5.41) is 4.89. The number of benzene rings is 2. The molecule has 1 aliphatic rings. The topological polar surface area (TPSA) is 79.8 Å². The lowest BCUT2D eigenvalue weighted by molar-refractivity contribution is -0.00521. The molecule has 0 bridgehead atoms. The second kappa shape index (κ2) is 7.21. The summed E-state index contributed by atoms with van der Waals surface area (Å²) >= 11 is 0. The molecule has 5 N–H and O–H groups in total. The van der Waals surface area contributed by atoms with Gasteiger partial charge in [0.25, 0.3) is 0 Å². The highest BCUT2D eigenvalue weighted by atomic mass is 16.5. The molecule has 0 radical (unpaired) electrons. The quantitative estimate of drug-likeness (QED) is 0.451. The number of morpholine rings is 1. The highest BCUT2D eigenvalue weighted by Crippen LogP contribution is 2.28. The lowest BCUT2D eigenvalue weighted by atomic mass is 10.2. The number of nitrogens with zero attached hydrogens (tertiary/aromatic N) is 2. The van der Waals surface area contributed by atoms with E-state index in [0.29, 0.717) is 5.69 Å². The predicted molar refractivity (Wildman–Crippen MR) is 105 cm³/mol. The minimum Gasteiger partial charge on any atom is -0.397 e. The van der Waals surface area contributed by atoms with Crippen molar-refractivity contribution in [2.24, 2.45) is 5.84 Å². The molecule has 25 heavy (non-hydrogen) atoms. The number of rotatable bonds is 4. The Morgan fingerprint density at radius 1 is 1.04 bits per heavy atom. The summed E-state index contributed by atoms with van der Waals surface area (Å²) in [5.41, 5.74) is 10.7. The minimum absolute atomic E-state index is 0.253. The third kappa shape index (κ3) is 4.15. The largest absolute Gasteiger partial charge is 0.397 e.